The van der Waals surface area contributed by atoms with Crippen molar-refractivity contribution in [2.45, 2.75) is 6.42 Å². The van der Waals surface area contributed by atoms with Crippen LogP contribution in [0.4, 0.5) is 0 Å². The lowest BCUT2D eigenvalue weighted by Gasteiger charge is -1.97. The van der Waals surface area contributed by atoms with Crippen LogP contribution in [0.5, 0.6) is 5.75 Å². The molecule has 2 nitrogen and oxygen atoms in total. The van der Waals surface area contributed by atoms with Crippen molar-refractivity contribution in [1.29, 1.82) is 0 Å². The average Bonchev–Trinajstić information content (AvgIpc) is 2.62. The highest BCUT2D eigenvalue weighted by Gasteiger charge is 1.96. The Balaban J connectivity index is 2.15. The molecule has 0 fully saturated rings. The van der Waals surface area contributed by atoms with E-state index < -0.39 is 0 Å². The Labute approximate surface area is 76.4 Å². The molecule has 0 spiro atoms. The molecular formula is C11H10O2. The summed E-state index contributed by atoms with van der Waals surface area (Å²) in [6, 6.07) is 9.13. The van der Waals surface area contributed by atoms with Crippen LogP contribution in [-0.2, 0) is 6.42 Å². The molecule has 2 heteroatoms. The van der Waals surface area contributed by atoms with Crippen molar-refractivity contribution >= 4 is 0 Å². The summed E-state index contributed by atoms with van der Waals surface area (Å²) in [5.74, 6) is 0.302. The van der Waals surface area contributed by atoms with Crippen LogP contribution in [0, 0.1) is 0 Å². The fourth-order valence-electron chi connectivity index (χ4n) is 1.24. The van der Waals surface area contributed by atoms with Gasteiger partial charge in [-0.1, -0.05) is 12.1 Å². The number of rotatable bonds is 2. The first-order valence-corrected chi connectivity index (χ1v) is 4.13. The monoisotopic (exact) mass is 174 g/mol. The molecule has 0 unspecified atom stereocenters. The van der Waals surface area contributed by atoms with Crippen molar-refractivity contribution in [2.24, 2.45) is 0 Å². The zero-order chi connectivity index (χ0) is 9.10. The summed E-state index contributed by atoms with van der Waals surface area (Å²) >= 11 is 0. The van der Waals surface area contributed by atoms with Gasteiger partial charge < -0.3 is 9.52 Å². The van der Waals surface area contributed by atoms with E-state index in [2.05, 4.69) is 0 Å². The molecule has 0 saturated heterocycles. The molecule has 2 aromatic rings. The first kappa shape index (κ1) is 7.92. The lowest BCUT2D eigenvalue weighted by Crippen LogP contribution is -1.83. The van der Waals surface area contributed by atoms with Gasteiger partial charge in [-0.2, -0.15) is 0 Å². The summed E-state index contributed by atoms with van der Waals surface area (Å²) in [6.45, 7) is 0. The quantitative estimate of drug-likeness (QED) is 0.759. The van der Waals surface area contributed by atoms with E-state index in [1.54, 1.807) is 24.7 Å². The molecule has 2 rings (SSSR count). The van der Waals surface area contributed by atoms with Crippen LogP contribution in [-0.4, -0.2) is 5.11 Å². The van der Waals surface area contributed by atoms with Gasteiger partial charge in [-0.05, 0) is 29.3 Å². The number of aromatic hydroxyl groups is 1. The third-order valence-electron chi connectivity index (χ3n) is 1.92. The first-order chi connectivity index (χ1) is 6.34. The van der Waals surface area contributed by atoms with Gasteiger partial charge in [0.15, 0.2) is 0 Å². The Morgan fingerprint density at radius 3 is 2.38 bits per heavy atom. The van der Waals surface area contributed by atoms with Crippen molar-refractivity contribution < 1.29 is 9.52 Å². The summed E-state index contributed by atoms with van der Waals surface area (Å²) in [7, 11) is 0. The van der Waals surface area contributed by atoms with Gasteiger partial charge in [0.1, 0.15) is 5.75 Å². The van der Waals surface area contributed by atoms with E-state index in [0.29, 0.717) is 5.75 Å². The van der Waals surface area contributed by atoms with Gasteiger partial charge in [0, 0.05) is 6.42 Å². The molecule has 1 N–H and O–H groups in total. The maximum Gasteiger partial charge on any atom is 0.115 e. The molecular weight excluding hydrogens is 164 g/mol. The number of benzene rings is 1. The topological polar surface area (TPSA) is 33.4 Å². The molecule has 0 bridgehead atoms. The van der Waals surface area contributed by atoms with Gasteiger partial charge in [-0.15, -0.1) is 0 Å². The second kappa shape index (κ2) is 3.35. The minimum atomic E-state index is 0.302. The smallest absolute Gasteiger partial charge is 0.115 e. The number of hydrogen-bond donors (Lipinski definition) is 1. The standard InChI is InChI=1S/C11H10O2/c12-11-3-1-9(2-4-11)7-10-5-6-13-8-10/h1-6,8,12H,7H2. The van der Waals surface area contributed by atoms with Crippen molar-refractivity contribution in [3.8, 4) is 5.75 Å². The molecule has 0 aliphatic carbocycles. The van der Waals surface area contributed by atoms with Gasteiger partial charge in [0.05, 0.1) is 12.5 Å². The van der Waals surface area contributed by atoms with E-state index >= 15 is 0 Å². The van der Waals surface area contributed by atoms with Crippen LogP contribution in [0.3, 0.4) is 0 Å². The normalized spacial score (nSPS) is 10.2. The molecule has 0 amide bonds. The summed E-state index contributed by atoms with van der Waals surface area (Å²) in [6.07, 6.45) is 4.24. The van der Waals surface area contributed by atoms with Crippen LogP contribution in [0.2, 0.25) is 0 Å². The largest absolute Gasteiger partial charge is 0.508 e. The summed E-state index contributed by atoms with van der Waals surface area (Å²) in [5, 5.41) is 9.06. The SMILES string of the molecule is Oc1ccc(Cc2ccoc2)cc1. The Morgan fingerprint density at radius 1 is 1.00 bits per heavy atom. The molecule has 66 valence electrons. The predicted molar refractivity (Wildman–Crippen MR) is 49.6 cm³/mol. The third kappa shape index (κ3) is 1.90. The second-order valence-corrected chi connectivity index (χ2v) is 2.97. The van der Waals surface area contributed by atoms with Crippen LogP contribution in [0.1, 0.15) is 11.1 Å². The molecule has 0 atom stereocenters. The van der Waals surface area contributed by atoms with Crippen LogP contribution in [0.15, 0.2) is 47.3 Å². The lowest BCUT2D eigenvalue weighted by atomic mass is 10.1. The van der Waals surface area contributed by atoms with Gasteiger partial charge in [-0.3, -0.25) is 0 Å². The summed E-state index contributed by atoms with van der Waals surface area (Å²) < 4.78 is 4.96. The molecule has 1 aromatic carbocycles. The Hall–Kier alpha value is -1.70. The fraction of sp³-hybridized carbons (Fsp3) is 0.0909. The number of hydrogen-bond acceptors (Lipinski definition) is 2. The zero-order valence-corrected chi connectivity index (χ0v) is 7.10. The second-order valence-electron chi connectivity index (χ2n) is 2.97. The predicted octanol–water partition coefficient (Wildman–Crippen LogP) is 2.58. The molecule has 0 radical (unpaired) electrons. The highest BCUT2D eigenvalue weighted by atomic mass is 16.3. The maximum atomic E-state index is 9.06. The Kier molecular flexibility index (Phi) is 2.04. The lowest BCUT2D eigenvalue weighted by molar-refractivity contribution is 0.475. The van der Waals surface area contributed by atoms with E-state index in [0.717, 1.165) is 12.0 Å². The van der Waals surface area contributed by atoms with Crippen molar-refractivity contribution in [2.75, 3.05) is 0 Å². The zero-order valence-electron chi connectivity index (χ0n) is 7.10. The van der Waals surface area contributed by atoms with Crippen LogP contribution >= 0.6 is 0 Å². The van der Waals surface area contributed by atoms with Crippen LogP contribution < -0.4 is 0 Å². The van der Waals surface area contributed by atoms with Crippen molar-refractivity contribution in [1.82, 2.24) is 0 Å². The van der Waals surface area contributed by atoms with Gasteiger partial charge >= 0.3 is 0 Å². The molecule has 13 heavy (non-hydrogen) atoms. The van der Waals surface area contributed by atoms with Gasteiger partial charge in [-0.25, -0.2) is 0 Å². The molecule has 0 aliphatic heterocycles. The molecule has 1 heterocycles. The number of furan rings is 1. The van der Waals surface area contributed by atoms with Crippen LogP contribution in [0.25, 0.3) is 0 Å². The first-order valence-electron chi connectivity index (χ1n) is 4.13. The van der Waals surface area contributed by atoms with Gasteiger partial charge in [0.2, 0.25) is 0 Å². The number of phenolic OH excluding ortho intramolecular Hbond substituents is 1. The van der Waals surface area contributed by atoms with E-state index in [1.165, 1.54) is 5.56 Å². The van der Waals surface area contributed by atoms with Crippen molar-refractivity contribution in [3.63, 3.8) is 0 Å². The van der Waals surface area contributed by atoms with Gasteiger partial charge in [0.25, 0.3) is 0 Å². The van der Waals surface area contributed by atoms with Crippen molar-refractivity contribution in [3.05, 3.63) is 54.0 Å². The molecule has 1 aromatic heterocycles. The highest BCUT2D eigenvalue weighted by Crippen LogP contribution is 2.13. The highest BCUT2D eigenvalue weighted by molar-refractivity contribution is 5.29. The third-order valence-corrected chi connectivity index (χ3v) is 1.92. The molecule has 0 saturated carbocycles. The molecule has 0 aliphatic rings. The van der Waals surface area contributed by atoms with E-state index in [1.807, 2.05) is 18.2 Å². The Bertz CT molecular complexity index is 359. The minimum absolute atomic E-state index is 0.302. The average molecular weight is 174 g/mol. The number of phenols is 1. The maximum absolute atomic E-state index is 9.06. The fourth-order valence-corrected chi connectivity index (χ4v) is 1.24. The minimum Gasteiger partial charge on any atom is -0.508 e. The summed E-state index contributed by atoms with van der Waals surface area (Å²) in [4.78, 5) is 0. The summed E-state index contributed by atoms with van der Waals surface area (Å²) in [5.41, 5.74) is 2.31. The Morgan fingerprint density at radius 2 is 1.77 bits per heavy atom. The van der Waals surface area contributed by atoms with E-state index in [-0.39, 0.29) is 0 Å². The van der Waals surface area contributed by atoms with E-state index in [4.69, 9.17) is 9.52 Å². The van der Waals surface area contributed by atoms with E-state index in [9.17, 15) is 0 Å².